The number of aryl methyl sites for hydroxylation is 1. The number of amides is 2. The average Bonchev–Trinajstić information content (AvgIpc) is 3.65. The van der Waals surface area contributed by atoms with E-state index in [2.05, 4.69) is 90.6 Å². The van der Waals surface area contributed by atoms with Crippen molar-refractivity contribution in [1.82, 2.24) is 9.80 Å². The molecule has 416 valence electrons. The highest BCUT2D eigenvalue weighted by Gasteiger charge is 2.37. The zero-order chi connectivity index (χ0) is 54.8. The highest BCUT2D eigenvalue weighted by molar-refractivity contribution is 8.77. The number of Topliss-reactive ketones (excluding diaryl/α,β-unsaturated/α-hetero) is 1. The van der Waals surface area contributed by atoms with Gasteiger partial charge in [-0.3, -0.25) is 14.4 Å². The van der Waals surface area contributed by atoms with Crippen molar-refractivity contribution in [3.05, 3.63) is 141 Å². The van der Waals surface area contributed by atoms with Gasteiger partial charge in [-0.2, -0.15) is 0 Å². The zero-order valence-corrected chi connectivity index (χ0v) is 47.7. The van der Waals surface area contributed by atoms with Gasteiger partial charge >= 0.3 is 0 Å². The fourth-order valence-electron chi connectivity index (χ4n) is 10.9. The number of likely N-dealkylation sites (N-methyl/N-ethyl adjacent to an activating group) is 1. The molecule has 0 saturated heterocycles. The molecule has 2 amide bonds. The molecule has 78 heavy (non-hydrogen) atoms. The summed E-state index contributed by atoms with van der Waals surface area (Å²) in [6.45, 7) is 13.1. The molecule has 0 radical (unpaired) electrons. The van der Waals surface area contributed by atoms with Crippen LogP contribution < -0.4 is 35.1 Å². The Morgan fingerprint density at radius 1 is 0.756 bits per heavy atom. The Morgan fingerprint density at radius 3 is 2.06 bits per heavy atom. The first-order chi connectivity index (χ1) is 37.8. The maximum absolute atomic E-state index is 14.4. The number of anilines is 3. The molecule has 9 rings (SSSR count). The minimum absolute atomic E-state index is 0.00821. The second-order valence-electron chi connectivity index (χ2n) is 21.3. The lowest BCUT2D eigenvalue weighted by Crippen LogP contribution is -2.47. The summed E-state index contributed by atoms with van der Waals surface area (Å²) < 4.78 is 36.3. The molecule has 3 N–H and O–H groups in total. The molecule has 5 aromatic rings. The van der Waals surface area contributed by atoms with Crippen molar-refractivity contribution in [2.24, 2.45) is 5.73 Å². The molecule has 0 fully saturated rings. The minimum atomic E-state index is -0.217. The normalized spacial score (nSPS) is 16.6. The molecule has 0 bridgehead atoms. The maximum Gasteiger partial charge on any atom is 0.256 e. The first-order valence-electron chi connectivity index (χ1n) is 27.2. The lowest BCUT2D eigenvalue weighted by molar-refractivity contribution is -0.117. The van der Waals surface area contributed by atoms with Gasteiger partial charge < -0.3 is 59.1 Å². The number of nitrogens with two attached hydrogens (primary N) is 1. The summed E-state index contributed by atoms with van der Waals surface area (Å²) in [4.78, 5) is 49.2. The van der Waals surface area contributed by atoms with Crippen LogP contribution in [-0.2, 0) is 58.2 Å². The monoisotopic (exact) mass is 1100 g/mol. The minimum Gasteiger partial charge on any atom is -0.493 e. The van der Waals surface area contributed by atoms with Crippen LogP contribution in [-0.4, -0.2) is 137 Å². The van der Waals surface area contributed by atoms with Crippen LogP contribution in [0.2, 0.25) is 0 Å². The Bertz CT molecular complexity index is 2920. The van der Waals surface area contributed by atoms with Gasteiger partial charge in [0.1, 0.15) is 24.7 Å². The number of carbonyl (C=O) groups excluding carboxylic acids is 3. The van der Waals surface area contributed by atoms with E-state index < -0.39 is 0 Å². The van der Waals surface area contributed by atoms with E-state index in [4.69, 9.17) is 34.2 Å². The van der Waals surface area contributed by atoms with Crippen molar-refractivity contribution < 1.29 is 42.8 Å². The molecule has 0 unspecified atom stereocenters. The molecule has 0 aromatic heterocycles. The number of rotatable bonds is 26. The van der Waals surface area contributed by atoms with E-state index in [1.54, 1.807) is 31.1 Å². The summed E-state index contributed by atoms with van der Waals surface area (Å²) in [6, 6.07) is 31.0. The predicted molar refractivity (Wildman–Crippen MR) is 312 cm³/mol. The first-order valence-corrected chi connectivity index (χ1v) is 29.5. The van der Waals surface area contributed by atoms with Gasteiger partial charge in [-0.15, -0.1) is 0 Å². The Kier molecular flexibility index (Phi) is 19.2. The van der Waals surface area contributed by atoms with Gasteiger partial charge in [0, 0.05) is 88.2 Å². The number of hydrogen-bond acceptors (Lipinski definition) is 15. The fraction of sp³-hybridized carbons (Fsp3) is 0.459. The van der Waals surface area contributed by atoms with Crippen molar-refractivity contribution in [2.75, 3.05) is 108 Å². The van der Waals surface area contributed by atoms with E-state index in [0.29, 0.717) is 113 Å². The average molecular weight is 1100 g/mol. The summed E-state index contributed by atoms with van der Waals surface area (Å²) in [5.74, 6) is 2.61. The van der Waals surface area contributed by atoms with E-state index in [1.165, 1.54) is 22.3 Å². The summed E-state index contributed by atoms with van der Waals surface area (Å²) >= 11 is 0. The van der Waals surface area contributed by atoms with Gasteiger partial charge in [-0.1, -0.05) is 70.1 Å². The highest BCUT2D eigenvalue weighted by atomic mass is 33.1. The molecule has 4 aliphatic rings. The number of methoxy groups -OCH3 is 2. The van der Waals surface area contributed by atoms with Crippen LogP contribution in [0.4, 0.5) is 17.1 Å². The SMILES string of the molecule is COCCOCCOCCN(CC(C)(C)SSCCCC(=O)CN)c1cc(COc2cc3c(cc2C)C(=O)N2Cc4ccccc4C[C@H]2CN3C)cc(COc2cc3c(cc2OC)C(=O)N2Cc4ccccc4C[C@H]2CN3)c1. The summed E-state index contributed by atoms with van der Waals surface area (Å²) in [5.41, 5.74) is 17.0. The molecule has 17 heteroatoms. The fourth-order valence-corrected chi connectivity index (χ4v) is 13.5. The summed E-state index contributed by atoms with van der Waals surface area (Å²) in [6.07, 6.45) is 2.85. The topological polar surface area (TPSA) is 158 Å². The van der Waals surface area contributed by atoms with Crippen molar-refractivity contribution in [1.29, 1.82) is 0 Å². The molecule has 4 heterocycles. The van der Waals surface area contributed by atoms with Crippen LogP contribution >= 0.6 is 21.6 Å². The molecular weight excluding hydrogens is 1020 g/mol. The molecule has 5 aromatic carbocycles. The van der Waals surface area contributed by atoms with Gasteiger partial charge in [0.25, 0.3) is 11.8 Å². The number of ether oxygens (including phenoxy) is 6. The third-order valence-corrected chi connectivity index (χ3v) is 18.3. The van der Waals surface area contributed by atoms with E-state index in [9.17, 15) is 14.4 Å². The predicted octanol–water partition coefficient (Wildman–Crippen LogP) is 9.13. The summed E-state index contributed by atoms with van der Waals surface area (Å²) in [5, 5.41) is 3.59. The van der Waals surface area contributed by atoms with Gasteiger partial charge in [-0.05, 0) is 109 Å². The number of benzene rings is 5. The van der Waals surface area contributed by atoms with Crippen molar-refractivity contribution in [3.63, 3.8) is 0 Å². The van der Waals surface area contributed by atoms with E-state index in [0.717, 1.165) is 53.1 Å². The number of carbonyl (C=O) groups is 3. The van der Waals surface area contributed by atoms with Crippen molar-refractivity contribution >= 4 is 56.2 Å². The van der Waals surface area contributed by atoms with Gasteiger partial charge in [0.05, 0.1) is 81.3 Å². The van der Waals surface area contributed by atoms with Crippen LogP contribution in [0.1, 0.15) is 86.3 Å². The van der Waals surface area contributed by atoms with E-state index in [-0.39, 0.29) is 54.2 Å². The van der Waals surface area contributed by atoms with Crippen LogP contribution in [0.5, 0.6) is 17.2 Å². The quantitative estimate of drug-likeness (QED) is 0.0399. The van der Waals surface area contributed by atoms with Crippen LogP contribution in [0.25, 0.3) is 0 Å². The Labute approximate surface area is 468 Å². The molecular formula is C61H76N6O9S2. The number of fused-ring (bicyclic) bond motifs is 6. The van der Waals surface area contributed by atoms with Crippen molar-refractivity contribution in [3.8, 4) is 17.2 Å². The third kappa shape index (κ3) is 13.9. The standard InChI is InChI=1S/C61H76N6O9S2/c1-41-24-53-55(64(4)37-50-29-45-13-8-10-15-47(45)36-67(50)60(53)70)32-56(41)75-38-42-25-43(27-48(26-42)65(17-18-73-21-22-74-20-19-71-5)40-61(2,3)78-77-23-11-16-51(68)33-62)39-76-58-31-54-52(30-57(58)72-6)59(69)66-35-46-14-9-7-12-44(46)28-49(66)34-63-54/h7-10,12-15,24-27,30-32,49-50,63H,11,16-23,28-29,33-40,62H2,1-6H3/t49-,50-/m0/s1. The number of ketones is 1. The number of nitrogens with zero attached hydrogens (tertiary/aromatic N) is 4. The Hall–Kier alpha value is -5.95. The van der Waals surface area contributed by atoms with Crippen LogP contribution in [0, 0.1) is 6.92 Å². The smallest absolute Gasteiger partial charge is 0.256 e. The summed E-state index contributed by atoms with van der Waals surface area (Å²) in [7, 11) is 8.91. The van der Waals surface area contributed by atoms with Gasteiger partial charge in [0.15, 0.2) is 11.5 Å². The lowest BCUT2D eigenvalue weighted by Gasteiger charge is -2.36. The molecule has 4 aliphatic heterocycles. The van der Waals surface area contributed by atoms with Crippen LogP contribution in [0.3, 0.4) is 0 Å². The van der Waals surface area contributed by atoms with Gasteiger partial charge in [-0.25, -0.2) is 0 Å². The highest BCUT2D eigenvalue weighted by Crippen LogP contribution is 2.41. The lowest BCUT2D eigenvalue weighted by atomic mass is 9.93. The first kappa shape index (κ1) is 56.8. The largest absolute Gasteiger partial charge is 0.493 e. The Morgan fingerprint density at radius 2 is 1.38 bits per heavy atom. The molecule has 0 spiro atoms. The number of nitrogens with one attached hydrogen (secondary N) is 1. The molecule has 0 aliphatic carbocycles. The second-order valence-corrected chi connectivity index (χ2v) is 24.4. The molecule has 15 nitrogen and oxygen atoms in total. The molecule has 0 saturated carbocycles. The van der Waals surface area contributed by atoms with Crippen molar-refractivity contribution in [2.45, 2.75) is 89.6 Å². The Balaban J connectivity index is 0.988. The van der Waals surface area contributed by atoms with E-state index in [1.807, 2.05) is 57.8 Å². The third-order valence-electron chi connectivity index (χ3n) is 15.0. The van der Waals surface area contributed by atoms with Gasteiger partial charge in [0.2, 0.25) is 0 Å². The van der Waals surface area contributed by atoms with Crippen LogP contribution in [0.15, 0.2) is 91.0 Å². The van der Waals surface area contributed by atoms with E-state index >= 15 is 0 Å². The molecule has 2 atom stereocenters. The number of hydrogen-bond donors (Lipinski definition) is 2. The zero-order valence-electron chi connectivity index (χ0n) is 46.1. The maximum atomic E-state index is 14.4. The second kappa shape index (κ2) is 26.3.